The van der Waals surface area contributed by atoms with E-state index in [-0.39, 0.29) is 41.0 Å². The van der Waals surface area contributed by atoms with Gasteiger partial charge in [-0.25, -0.2) is 0 Å². The first-order valence-corrected chi connectivity index (χ1v) is 18.1. The van der Waals surface area contributed by atoms with Gasteiger partial charge in [-0.1, -0.05) is 70.7 Å². The van der Waals surface area contributed by atoms with Gasteiger partial charge in [-0.05, 0) is 85.0 Å². The van der Waals surface area contributed by atoms with Crippen LogP contribution in [0.15, 0.2) is 96.6 Å². The maximum absolute atomic E-state index is 15.4. The van der Waals surface area contributed by atoms with Gasteiger partial charge in [0, 0.05) is 21.5 Å². The molecular weight excluding hydrogens is 741 g/mol. The van der Waals surface area contributed by atoms with Crippen LogP contribution in [0.5, 0.6) is 17.2 Å². The zero-order valence-corrected chi connectivity index (χ0v) is 30.7. The molecular formula is C40H32Cl3N3O7. The molecule has 6 atom stereocenters. The number of nitrogens with zero attached hydrogens (tertiary/aromatic N) is 2. The molecule has 13 heteroatoms. The summed E-state index contributed by atoms with van der Waals surface area (Å²) in [4.78, 5) is 60.0. The number of phenolic OH excluding ortho intramolecular Hbond substituents is 1. The van der Waals surface area contributed by atoms with Crippen LogP contribution >= 0.6 is 34.8 Å². The van der Waals surface area contributed by atoms with E-state index in [9.17, 15) is 19.5 Å². The molecule has 2 aliphatic heterocycles. The zero-order valence-electron chi connectivity index (χ0n) is 28.4. The van der Waals surface area contributed by atoms with Gasteiger partial charge in [0.15, 0.2) is 11.5 Å². The quantitative estimate of drug-likeness (QED) is 0.146. The molecule has 0 unspecified atom stereocenters. The fourth-order valence-corrected chi connectivity index (χ4v) is 9.55. The standard InChI is InChI=1S/C40H32Cl3N3O7/c1-52-24-13-6-20(7-14-24)40-29(37(49)46(39(40)51)44-31-17-10-22(42)18-30(31)43)19-28-25(34(40)27-4-3-5-32(53-2)35(27)47)15-16-26-33(28)38(50)45(36(26)48)23-11-8-21(41)9-12-23/h3-15,17-18,26,28-29,33-34,44,47H,16,19H2,1-2H3/t26-,28+,29-,33-,34+,40+/m0/s1. The van der Waals surface area contributed by atoms with Gasteiger partial charge in [-0.15, -0.1) is 0 Å². The summed E-state index contributed by atoms with van der Waals surface area (Å²) < 4.78 is 11.0. The van der Waals surface area contributed by atoms with Gasteiger partial charge in [0.25, 0.3) is 11.8 Å². The number of hydrogen-bond donors (Lipinski definition) is 2. The Morgan fingerprint density at radius 2 is 1.53 bits per heavy atom. The number of fused-ring (bicyclic) bond motifs is 4. The Balaban J connectivity index is 1.35. The molecule has 4 amide bonds. The third-order valence-electron chi connectivity index (χ3n) is 11.2. The number of methoxy groups -OCH3 is 2. The van der Waals surface area contributed by atoms with Crippen molar-refractivity contribution in [3.05, 3.63) is 123 Å². The number of ether oxygens (including phenoxy) is 2. The van der Waals surface area contributed by atoms with Crippen molar-refractivity contribution < 1.29 is 33.8 Å². The first-order valence-electron chi connectivity index (χ1n) is 16.9. The Labute approximate surface area is 319 Å². The van der Waals surface area contributed by atoms with Gasteiger partial charge in [0.1, 0.15) is 5.75 Å². The number of aromatic hydroxyl groups is 1. The Kier molecular flexibility index (Phi) is 8.67. The van der Waals surface area contributed by atoms with Crippen molar-refractivity contribution in [1.29, 1.82) is 0 Å². The van der Waals surface area contributed by atoms with Gasteiger partial charge in [-0.3, -0.25) is 29.5 Å². The number of hydrazine groups is 1. The van der Waals surface area contributed by atoms with Crippen molar-refractivity contribution in [1.82, 2.24) is 5.01 Å². The first-order chi connectivity index (χ1) is 25.5. The highest BCUT2D eigenvalue weighted by Gasteiger charge is 2.70. The summed E-state index contributed by atoms with van der Waals surface area (Å²) in [5, 5.41) is 13.8. The normalized spacial score (nSPS) is 26.2. The molecule has 2 heterocycles. The van der Waals surface area contributed by atoms with Gasteiger partial charge < -0.3 is 14.6 Å². The molecule has 0 spiro atoms. The number of carbonyl (C=O) groups is 4. The van der Waals surface area contributed by atoms with Gasteiger partial charge in [0.05, 0.1) is 53.8 Å². The maximum atomic E-state index is 15.4. The van der Waals surface area contributed by atoms with Crippen LogP contribution in [0.1, 0.15) is 29.9 Å². The lowest BCUT2D eigenvalue weighted by molar-refractivity contribution is -0.138. The summed E-state index contributed by atoms with van der Waals surface area (Å²) >= 11 is 18.8. The highest BCUT2D eigenvalue weighted by atomic mass is 35.5. The number of hydrogen-bond acceptors (Lipinski definition) is 8. The van der Waals surface area contributed by atoms with Crippen LogP contribution < -0.4 is 19.8 Å². The van der Waals surface area contributed by atoms with E-state index in [2.05, 4.69) is 5.43 Å². The molecule has 0 aromatic heterocycles. The predicted molar refractivity (Wildman–Crippen MR) is 199 cm³/mol. The summed E-state index contributed by atoms with van der Waals surface area (Å²) in [6.07, 6.45) is 2.18. The lowest BCUT2D eigenvalue weighted by Gasteiger charge is -2.50. The number of phenols is 1. The molecule has 4 aromatic rings. The first kappa shape index (κ1) is 35.0. The number of rotatable bonds is 7. The monoisotopic (exact) mass is 771 g/mol. The fourth-order valence-electron chi connectivity index (χ4n) is 8.97. The predicted octanol–water partition coefficient (Wildman–Crippen LogP) is 7.56. The third kappa shape index (κ3) is 5.21. The highest BCUT2D eigenvalue weighted by Crippen LogP contribution is 2.65. The van der Waals surface area contributed by atoms with Crippen LogP contribution in [-0.4, -0.2) is 48.0 Å². The Morgan fingerprint density at radius 3 is 2.21 bits per heavy atom. The molecule has 2 N–H and O–H groups in total. The van der Waals surface area contributed by atoms with E-state index in [0.29, 0.717) is 38.2 Å². The molecule has 0 bridgehead atoms. The lowest BCUT2D eigenvalue weighted by Crippen LogP contribution is -2.53. The SMILES string of the molecule is COc1ccc([C@@]23C(=O)N(Nc4ccc(Cl)cc4Cl)C(=O)[C@@H]2C[C@@H]2C(=CC[C@@H]4C(=O)N(c5ccc(Cl)cc5)C(=O)[C@@H]42)[C@@H]3c2cccc(OC)c2O)cc1. The topological polar surface area (TPSA) is 125 Å². The van der Waals surface area contributed by atoms with Crippen molar-refractivity contribution >= 4 is 69.8 Å². The van der Waals surface area contributed by atoms with Crippen molar-refractivity contribution in [3.63, 3.8) is 0 Å². The maximum Gasteiger partial charge on any atom is 0.260 e. The molecule has 270 valence electrons. The Bertz CT molecular complexity index is 2230. The molecule has 53 heavy (non-hydrogen) atoms. The van der Waals surface area contributed by atoms with E-state index in [0.717, 1.165) is 5.01 Å². The Hall–Kier alpha value is -5.03. The average Bonchev–Trinajstić information content (AvgIpc) is 3.54. The summed E-state index contributed by atoms with van der Waals surface area (Å²) in [6.45, 7) is 0. The smallest absolute Gasteiger partial charge is 0.260 e. The molecule has 4 aliphatic rings. The second-order valence-electron chi connectivity index (χ2n) is 13.6. The number of halogens is 3. The van der Waals surface area contributed by atoms with Crippen LogP contribution in [0.25, 0.3) is 0 Å². The molecule has 0 radical (unpaired) electrons. The summed E-state index contributed by atoms with van der Waals surface area (Å²) in [6, 6.07) is 23.1. The van der Waals surface area contributed by atoms with E-state index in [1.165, 1.54) is 25.2 Å². The molecule has 1 saturated carbocycles. The molecule has 10 nitrogen and oxygen atoms in total. The molecule has 4 aromatic carbocycles. The number of carbonyl (C=O) groups excluding carboxylic acids is 4. The number of benzene rings is 4. The number of para-hydroxylation sites is 1. The van der Waals surface area contributed by atoms with E-state index < -0.39 is 52.7 Å². The minimum Gasteiger partial charge on any atom is -0.504 e. The van der Waals surface area contributed by atoms with Crippen LogP contribution in [0.4, 0.5) is 11.4 Å². The molecule has 2 aliphatic carbocycles. The largest absolute Gasteiger partial charge is 0.504 e. The third-order valence-corrected chi connectivity index (χ3v) is 12.0. The number of nitrogens with one attached hydrogen (secondary N) is 1. The van der Waals surface area contributed by atoms with Gasteiger partial charge in [-0.2, -0.15) is 5.01 Å². The van der Waals surface area contributed by atoms with Crippen LogP contribution in [-0.2, 0) is 24.6 Å². The Morgan fingerprint density at radius 1 is 0.811 bits per heavy atom. The minimum atomic E-state index is -1.64. The zero-order chi connectivity index (χ0) is 37.3. The number of imide groups is 2. The summed E-state index contributed by atoms with van der Waals surface area (Å²) in [5.74, 6) is -5.63. The van der Waals surface area contributed by atoms with E-state index >= 15 is 4.79 Å². The van der Waals surface area contributed by atoms with E-state index in [1.54, 1.807) is 78.9 Å². The van der Waals surface area contributed by atoms with Gasteiger partial charge in [0.2, 0.25) is 11.8 Å². The van der Waals surface area contributed by atoms with Crippen molar-refractivity contribution in [2.24, 2.45) is 23.7 Å². The summed E-state index contributed by atoms with van der Waals surface area (Å²) in [5.41, 5.74) is 3.50. The van der Waals surface area contributed by atoms with E-state index in [4.69, 9.17) is 44.3 Å². The number of allylic oxidation sites excluding steroid dienone is 2. The van der Waals surface area contributed by atoms with Gasteiger partial charge >= 0.3 is 0 Å². The van der Waals surface area contributed by atoms with Crippen LogP contribution in [0.2, 0.25) is 15.1 Å². The molecule has 3 fully saturated rings. The molecule has 8 rings (SSSR count). The average molecular weight is 773 g/mol. The second-order valence-corrected chi connectivity index (χ2v) is 14.9. The number of amides is 4. The van der Waals surface area contributed by atoms with Crippen molar-refractivity contribution in [2.45, 2.75) is 24.2 Å². The van der Waals surface area contributed by atoms with Crippen molar-refractivity contribution in [2.75, 3.05) is 24.5 Å². The van der Waals surface area contributed by atoms with Crippen LogP contribution in [0, 0.1) is 23.7 Å². The highest BCUT2D eigenvalue weighted by molar-refractivity contribution is 6.36. The van der Waals surface area contributed by atoms with Crippen molar-refractivity contribution in [3.8, 4) is 17.2 Å². The summed E-state index contributed by atoms with van der Waals surface area (Å²) in [7, 11) is 2.95. The van der Waals surface area contributed by atoms with Crippen LogP contribution in [0.3, 0.4) is 0 Å². The van der Waals surface area contributed by atoms with E-state index in [1.807, 2.05) is 6.08 Å². The lowest BCUT2D eigenvalue weighted by atomic mass is 9.49. The molecule has 2 saturated heterocycles. The number of anilines is 2. The minimum absolute atomic E-state index is 0.0604. The fraction of sp³-hybridized carbons (Fsp3) is 0.250. The second kappa shape index (κ2) is 13.1.